The normalized spacial score (nSPS) is 16.2. The third kappa shape index (κ3) is 4.11. The van der Waals surface area contributed by atoms with Crippen molar-refractivity contribution in [2.24, 2.45) is 0 Å². The van der Waals surface area contributed by atoms with Crippen molar-refractivity contribution in [3.8, 4) is 5.75 Å². The maximum absolute atomic E-state index is 5.96. The van der Waals surface area contributed by atoms with Gasteiger partial charge in [0.15, 0.2) is 0 Å². The van der Waals surface area contributed by atoms with E-state index in [9.17, 15) is 0 Å². The van der Waals surface area contributed by atoms with E-state index >= 15 is 0 Å². The van der Waals surface area contributed by atoms with Crippen LogP contribution in [0.5, 0.6) is 5.75 Å². The topological polar surface area (TPSA) is 12.5 Å². The molecule has 2 rings (SSSR count). The van der Waals surface area contributed by atoms with E-state index in [1.807, 2.05) is 12.1 Å². The van der Waals surface area contributed by atoms with Crippen LogP contribution >= 0.6 is 27.5 Å². The molecule has 0 N–H and O–H groups in total. The first-order valence-corrected chi connectivity index (χ1v) is 8.19. The minimum Gasteiger partial charge on any atom is -0.496 e. The first-order valence-electron chi connectivity index (χ1n) is 6.87. The number of hydrogen-bond donors (Lipinski definition) is 0. The summed E-state index contributed by atoms with van der Waals surface area (Å²) in [7, 11) is 1.73. The van der Waals surface area contributed by atoms with E-state index in [1.165, 1.54) is 31.2 Å². The van der Waals surface area contributed by atoms with Crippen LogP contribution in [0, 0.1) is 0 Å². The summed E-state index contributed by atoms with van der Waals surface area (Å²) in [4.78, 5) is 2.50. The summed E-state index contributed by atoms with van der Waals surface area (Å²) < 4.78 is 6.56. The van der Waals surface area contributed by atoms with Crippen LogP contribution in [0.1, 0.15) is 31.2 Å². The molecule has 19 heavy (non-hydrogen) atoms. The van der Waals surface area contributed by atoms with Gasteiger partial charge in [-0.1, -0.05) is 28.8 Å². The highest BCUT2D eigenvalue weighted by Gasteiger charge is 2.23. The van der Waals surface area contributed by atoms with E-state index in [-0.39, 0.29) is 0 Å². The van der Waals surface area contributed by atoms with Gasteiger partial charge in [-0.05, 0) is 31.0 Å². The third-order valence-electron chi connectivity index (χ3n) is 3.83. The predicted octanol–water partition coefficient (Wildman–Crippen LogP) is 4.44. The van der Waals surface area contributed by atoms with Gasteiger partial charge in [0.1, 0.15) is 5.75 Å². The summed E-state index contributed by atoms with van der Waals surface area (Å²) in [6.07, 6.45) is 5.29. The van der Waals surface area contributed by atoms with Crippen molar-refractivity contribution in [1.29, 1.82) is 0 Å². The number of rotatable bonds is 6. The summed E-state index contributed by atoms with van der Waals surface area (Å²) in [5, 5.41) is 0. The number of ether oxygens (including phenoxy) is 1. The molecule has 0 saturated heterocycles. The maximum atomic E-state index is 5.96. The molecule has 0 atom stereocenters. The number of benzene rings is 1. The Morgan fingerprint density at radius 3 is 2.74 bits per heavy atom. The van der Waals surface area contributed by atoms with Gasteiger partial charge < -0.3 is 4.74 Å². The number of hydrogen-bond acceptors (Lipinski definition) is 2. The standard InChI is InChI=1S/C15H21BrClNO/c1-19-15-7-6-13(16)10-12(15)11-18(9-8-17)14-4-2-3-5-14/h6-7,10,14H,2-5,8-9,11H2,1H3. The molecule has 106 valence electrons. The molecular formula is C15H21BrClNO. The average molecular weight is 347 g/mol. The van der Waals surface area contributed by atoms with Gasteiger partial charge in [0.05, 0.1) is 7.11 Å². The first-order chi connectivity index (χ1) is 9.24. The van der Waals surface area contributed by atoms with E-state index in [0.29, 0.717) is 11.9 Å². The zero-order valence-electron chi connectivity index (χ0n) is 11.4. The fourth-order valence-electron chi connectivity index (χ4n) is 2.86. The van der Waals surface area contributed by atoms with Crippen molar-refractivity contribution >= 4 is 27.5 Å². The van der Waals surface area contributed by atoms with Gasteiger partial charge in [-0.3, -0.25) is 4.90 Å². The number of nitrogens with zero attached hydrogens (tertiary/aromatic N) is 1. The first kappa shape index (κ1) is 15.1. The van der Waals surface area contributed by atoms with Crippen molar-refractivity contribution in [2.75, 3.05) is 19.5 Å². The van der Waals surface area contributed by atoms with Crippen LogP contribution < -0.4 is 4.74 Å². The van der Waals surface area contributed by atoms with Gasteiger partial charge in [0.25, 0.3) is 0 Å². The molecule has 0 aliphatic heterocycles. The molecule has 0 aromatic heterocycles. The summed E-state index contributed by atoms with van der Waals surface area (Å²) in [5.74, 6) is 1.65. The molecule has 0 radical (unpaired) electrons. The molecule has 0 bridgehead atoms. The second-order valence-electron chi connectivity index (χ2n) is 5.05. The summed E-state index contributed by atoms with van der Waals surface area (Å²) in [6.45, 7) is 1.86. The van der Waals surface area contributed by atoms with Crippen LogP contribution in [0.4, 0.5) is 0 Å². The lowest BCUT2D eigenvalue weighted by atomic mass is 10.1. The van der Waals surface area contributed by atoms with Gasteiger partial charge in [-0.2, -0.15) is 0 Å². The van der Waals surface area contributed by atoms with Crippen molar-refractivity contribution in [1.82, 2.24) is 4.90 Å². The molecule has 0 heterocycles. The van der Waals surface area contributed by atoms with Gasteiger partial charge in [0.2, 0.25) is 0 Å². The van der Waals surface area contributed by atoms with E-state index < -0.39 is 0 Å². The molecule has 4 heteroatoms. The monoisotopic (exact) mass is 345 g/mol. The van der Waals surface area contributed by atoms with E-state index in [0.717, 1.165) is 23.3 Å². The third-order valence-corrected chi connectivity index (χ3v) is 4.49. The van der Waals surface area contributed by atoms with Gasteiger partial charge >= 0.3 is 0 Å². The summed E-state index contributed by atoms with van der Waals surface area (Å²) >= 11 is 9.50. The number of alkyl halides is 1. The van der Waals surface area contributed by atoms with Crippen molar-refractivity contribution in [2.45, 2.75) is 38.3 Å². The van der Waals surface area contributed by atoms with Crippen LogP contribution in [0.15, 0.2) is 22.7 Å². The van der Waals surface area contributed by atoms with E-state index in [1.54, 1.807) is 7.11 Å². The highest BCUT2D eigenvalue weighted by Crippen LogP contribution is 2.29. The van der Waals surface area contributed by atoms with E-state index in [2.05, 4.69) is 26.9 Å². The minimum atomic E-state index is 0.683. The molecule has 0 spiro atoms. The zero-order valence-corrected chi connectivity index (χ0v) is 13.7. The highest BCUT2D eigenvalue weighted by atomic mass is 79.9. The Morgan fingerprint density at radius 2 is 2.11 bits per heavy atom. The van der Waals surface area contributed by atoms with Crippen LogP contribution in [0.2, 0.25) is 0 Å². The average Bonchev–Trinajstić information content (AvgIpc) is 2.92. The Labute approximate surface area is 129 Å². The van der Waals surface area contributed by atoms with Crippen molar-refractivity contribution < 1.29 is 4.74 Å². The molecule has 1 aliphatic carbocycles. The molecule has 1 saturated carbocycles. The Balaban J connectivity index is 2.13. The molecule has 0 amide bonds. The van der Waals surface area contributed by atoms with Crippen molar-refractivity contribution in [3.63, 3.8) is 0 Å². The number of methoxy groups -OCH3 is 1. The van der Waals surface area contributed by atoms with Gasteiger partial charge in [0, 0.05) is 35.0 Å². The fourth-order valence-corrected chi connectivity index (χ4v) is 3.48. The largest absolute Gasteiger partial charge is 0.496 e. The zero-order chi connectivity index (χ0) is 13.7. The number of halogens is 2. The highest BCUT2D eigenvalue weighted by molar-refractivity contribution is 9.10. The van der Waals surface area contributed by atoms with Gasteiger partial charge in [-0.15, -0.1) is 11.6 Å². The van der Waals surface area contributed by atoms with Gasteiger partial charge in [-0.25, -0.2) is 0 Å². The molecule has 1 aromatic carbocycles. The lowest BCUT2D eigenvalue weighted by Crippen LogP contribution is -2.34. The molecule has 1 fully saturated rings. The summed E-state index contributed by atoms with van der Waals surface area (Å²) in [6, 6.07) is 6.87. The molecule has 0 unspecified atom stereocenters. The van der Waals surface area contributed by atoms with E-state index in [4.69, 9.17) is 16.3 Å². The van der Waals surface area contributed by atoms with Crippen LogP contribution in [-0.2, 0) is 6.54 Å². The Kier molecular flexibility index (Phi) is 5.99. The minimum absolute atomic E-state index is 0.683. The fraction of sp³-hybridized carbons (Fsp3) is 0.600. The van der Waals surface area contributed by atoms with Crippen molar-refractivity contribution in [3.05, 3.63) is 28.2 Å². The quantitative estimate of drug-likeness (QED) is 0.706. The maximum Gasteiger partial charge on any atom is 0.123 e. The Bertz CT molecular complexity index is 407. The second-order valence-corrected chi connectivity index (χ2v) is 6.35. The van der Waals surface area contributed by atoms with Crippen LogP contribution in [0.3, 0.4) is 0 Å². The van der Waals surface area contributed by atoms with Crippen LogP contribution in [0.25, 0.3) is 0 Å². The lowest BCUT2D eigenvalue weighted by molar-refractivity contribution is 0.199. The smallest absolute Gasteiger partial charge is 0.123 e. The Hall–Kier alpha value is -0.250. The molecule has 1 aliphatic rings. The molecular weight excluding hydrogens is 326 g/mol. The predicted molar refractivity (Wildman–Crippen MR) is 84.1 cm³/mol. The molecule has 2 nitrogen and oxygen atoms in total. The summed E-state index contributed by atoms with van der Waals surface area (Å²) in [5.41, 5.74) is 1.23. The second kappa shape index (κ2) is 7.51. The Morgan fingerprint density at radius 1 is 1.37 bits per heavy atom. The SMILES string of the molecule is COc1ccc(Br)cc1CN(CCCl)C1CCCC1. The van der Waals surface area contributed by atoms with Crippen LogP contribution in [-0.4, -0.2) is 30.5 Å². The molecule has 1 aromatic rings. The lowest BCUT2D eigenvalue weighted by Gasteiger charge is -2.28.